The van der Waals surface area contributed by atoms with E-state index in [1.807, 2.05) is 19.1 Å². The second kappa shape index (κ2) is 6.78. The predicted octanol–water partition coefficient (Wildman–Crippen LogP) is 4.25. The van der Waals surface area contributed by atoms with Crippen LogP contribution in [0.2, 0.25) is 0 Å². The van der Waals surface area contributed by atoms with Crippen LogP contribution < -0.4 is 10.6 Å². The Morgan fingerprint density at radius 2 is 1.90 bits per heavy atom. The summed E-state index contributed by atoms with van der Waals surface area (Å²) in [5, 5.41) is 7.33. The van der Waals surface area contributed by atoms with Crippen LogP contribution in [0.15, 0.2) is 18.2 Å². The molecule has 1 saturated heterocycles. The summed E-state index contributed by atoms with van der Waals surface area (Å²) in [6, 6.07) is 6.66. The van der Waals surface area contributed by atoms with Gasteiger partial charge in [-0.05, 0) is 62.8 Å². The molecule has 3 unspecified atom stereocenters. The zero-order valence-electron chi connectivity index (χ0n) is 13.0. The molecule has 3 heteroatoms. The molecule has 2 nitrogen and oxygen atoms in total. The SMILES string of the molecule is Cc1ccc(NC2CCCCC2C2CCCCN2)cc1F. The number of aryl methyl sites for hydroxylation is 1. The number of piperidine rings is 1. The van der Waals surface area contributed by atoms with Crippen molar-refractivity contribution < 1.29 is 4.39 Å². The van der Waals surface area contributed by atoms with E-state index in [0.717, 1.165) is 17.8 Å². The molecular weight excluding hydrogens is 263 g/mol. The third kappa shape index (κ3) is 3.57. The average molecular weight is 290 g/mol. The molecule has 2 N–H and O–H groups in total. The van der Waals surface area contributed by atoms with Crippen LogP contribution in [0.1, 0.15) is 50.5 Å². The molecule has 0 amide bonds. The Kier molecular flexibility index (Phi) is 4.79. The van der Waals surface area contributed by atoms with Crippen LogP contribution in [0.25, 0.3) is 0 Å². The van der Waals surface area contributed by atoms with E-state index in [1.54, 1.807) is 6.07 Å². The Labute approximate surface area is 127 Å². The van der Waals surface area contributed by atoms with Gasteiger partial charge in [0.25, 0.3) is 0 Å². The van der Waals surface area contributed by atoms with Crippen molar-refractivity contribution in [2.75, 3.05) is 11.9 Å². The highest BCUT2D eigenvalue weighted by atomic mass is 19.1. The number of anilines is 1. The minimum Gasteiger partial charge on any atom is -0.382 e. The summed E-state index contributed by atoms with van der Waals surface area (Å²) in [5.41, 5.74) is 1.65. The van der Waals surface area contributed by atoms with E-state index in [0.29, 0.717) is 18.0 Å². The van der Waals surface area contributed by atoms with Crippen molar-refractivity contribution >= 4 is 5.69 Å². The van der Waals surface area contributed by atoms with Gasteiger partial charge in [0, 0.05) is 17.8 Å². The Morgan fingerprint density at radius 3 is 2.67 bits per heavy atom. The summed E-state index contributed by atoms with van der Waals surface area (Å²) >= 11 is 0. The fraction of sp³-hybridized carbons (Fsp3) is 0.667. The predicted molar refractivity (Wildman–Crippen MR) is 86.1 cm³/mol. The monoisotopic (exact) mass is 290 g/mol. The fourth-order valence-electron chi connectivity index (χ4n) is 3.96. The minimum absolute atomic E-state index is 0.108. The molecule has 1 saturated carbocycles. The molecule has 0 aromatic heterocycles. The molecule has 2 aliphatic rings. The summed E-state index contributed by atoms with van der Waals surface area (Å²) in [6.45, 7) is 2.97. The van der Waals surface area contributed by atoms with Crippen molar-refractivity contribution in [3.8, 4) is 0 Å². The maximum Gasteiger partial charge on any atom is 0.128 e. The molecule has 3 atom stereocenters. The molecule has 3 rings (SSSR count). The van der Waals surface area contributed by atoms with Crippen LogP contribution in [-0.4, -0.2) is 18.6 Å². The van der Waals surface area contributed by atoms with E-state index < -0.39 is 0 Å². The second-order valence-corrected chi connectivity index (χ2v) is 6.72. The highest BCUT2D eigenvalue weighted by molar-refractivity contribution is 5.46. The van der Waals surface area contributed by atoms with E-state index in [2.05, 4.69) is 10.6 Å². The van der Waals surface area contributed by atoms with Crippen molar-refractivity contribution in [2.45, 2.75) is 64.0 Å². The number of nitrogens with one attached hydrogen (secondary N) is 2. The number of benzene rings is 1. The van der Waals surface area contributed by atoms with E-state index >= 15 is 0 Å². The van der Waals surface area contributed by atoms with E-state index in [9.17, 15) is 4.39 Å². The zero-order valence-corrected chi connectivity index (χ0v) is 13.0. The molecule has 1 aliphatic heterocycles. The van der Waals surface area contributed by atoms with Gasteiger partial charge in [-0.1, -0.05) is 25.3 Å². The van der Waals surface area contributed by atoms with Crippen LogP contribution in [0.3, 0.4) is 0 Å². The molecule has 2 fully saturated rings. The number of rotatable bonds is 3. The maximum absolute atomic E-state index is 13.7. The quantitative estimate of drug-likeness (QED) is 0.869. The van der Waals surface area contributed by atoms with Gasteiger partial charge in [0.15, 0.2) is 0 Å². The standard InChI is InChI=1S/C18H27FN2/c1-13-9-10-14(12-16(13)19)21-18-8-3-2-6-15(18)17-7-4-5-11-20-17/h9-10,12,15,17-18,20-21H,2-8,11H2,1H3. The van der Waals surface area contributed by atoms with Gasteiger partial charge < -0.3 is 10.6 Å². The first-order valence-corrected chi connectivity index (χ1v) is 8.50. The van der Waals surface area contributed by atoms with Crippen LogP contribution in [-0.2, 0) is 0 Å². The summed E-state index contributed by atoms with van der Waals surface area (Å²) in [6.07, 6.45) is 9.08. The molecule has 1 heterocycles. The molecule has 1 aliphatic carbocycles. The Morgan fingerprint density at radius 1 is 1.10 bits per heavy atom. The average Bonchev–Trinajstić information content (AvgIpc) is 2.52. The second-order valence-electron chi connectivity index (χ2n) is 6.72. The molecular formula is C18H27FN2. The number of halogens is 1. The highest BCUT2D eigenvalue weighted by Gasteiger charge is 2.32. The van der Waals surface area contributed by atoms with Gasteiger partial charge in [0.1, 0.15) is 5.82 Å². The van der Waals surface area contributed by atoms with Gasteiger partial charge in [-0.25, -0.2) is 4.39 Å². The first kappa shape index (κ1) is 14.8. The van der Waals surface area contributed by atoms with Crippen LogP contribution >= 0.6 is 0 Å². The normalized spacial score (nSPS) is 30.1. The maximum atomic E-state index is 13.7. The molecule has 0 bridgehead atoms. The Hall–Kier alpha value is -1.09. The highest BCUT2D eigenvalue weighted by Crippen LogP contribution is 2.32. The van der Waals surface area contributed by atoms with Crippen molar-refractivity contribution in [3.63, 3.8) is 0 Å². The largest absolute Gasteiger partial charge is 0.382 e. The van der Waals surface area contributed by atoms with Crippen LogP contribution in [0.5, 0.6) is 0 Å². The fourth-order valence-corrected chi connectivity index (χ4v) is 3.96. The smallest absolute Gasteiger partial charge is 0.128 e. The Balaban J connectivity index is 1.69. The van der Waals surface area contributed by atoms with Gasteiger partial charge in [0.2, 0.25) is 0 Å². The molecule has 1 aromatic rings. The van der Waals surface area contributed by atoms with Gasteiger partial charge in [-0.3, -0.25) is 0 Å². The third-order valence-electron chi connectivity index (χ3n) is 5.21. The van der Waals surface area contributed by atoms with Crippen LogP contribution in [0, 0.1) is 18.7 Å². The third-order valence-corrected chi connectivity index (χ3v) is 5.21. The summed E-state index contributed by atoms with van der Waals surface area (Å²) < 4.78 is 13.7. The molecule has 0 radical (unpaired) electrons. The van der Waals surface area contributed by atoms with Gasteiger partial charge in [-0.15, -0.1) is 0 Å². The number of hydrogen-bond acceptors (Lipinski definition) is 2. The Bertz CT molecular complexity index is 468. The minimum atomic E-state index is -0.108. The van der Waals surface area contributed by atoms with E-state index in [-0.39, 0.29) is 5.82 Å². The lowest BCUT2D eigenvalue weighted by Gasteiger charge is -2.40. The lowest BCUT2D eigenvalue weighted by atomic mass is 9.77. The van der Waals surface area contributed by atoms with Crippen molar-refractivity contribution in [2.24, 2.45) is 5.92 Å². The lowest BCUT2D eigenvalue weighted by molar-refractivity contribution is 0.217. The summed E-state index contributed by atoms with van der Waals surface area (Å²) in [7, 11) is 0. The topological polar surface area (TPSA) is 24.1 Å². The van der Waals surface area contributed by atoms with Gasteiger partial charge in [0.05, 0.1) is 0 Å². The summed E-state index contributed by atoms with van der Waals surface area (Å²) in [4.78, 5) is 0. The van der Waals surface area contributed by atoms with Gasteiger partial charge >= 0.3 is 0 Å². The first-order chi connectivity index (χ1) is 10.2. The zero-order chi connectivity index (χ0) is 14.7. The van der Waals surface area contributed by atoms with Crippen molar-refractivity contribution in [1.82, 2.24) is 5.32 Å². The van der Waals surface area contributed by atoms with Crippen molar-refractivity contribution in [1.29, 1.82) is 0 Å². The van der Waals surface area contributed by atoms with E-state index in [4.69, 9.17) is 0 Å². The molecule has 116 valence electrons. The lowest BCUT2D eigenvalue weighted by Crippen LogP contribution is -2.48. The number of hydrogen-bond donors (Lipinski definition) is 2. The van der Waals surface area contributed by atoms with Crippen LogP contribution in [0.4, 0.5) is 10.1 Å². The molecule has 21 heavy (non-hydrogen) atoms. The molecule has 0 spiro atoms. The summed E-state index contributed by atoms with van der Waals surface area (Å²) in [5.74, 6) is 0.576. The van der Waals surface area contributed by atoms with Crippen molar-refractivity contribution in [3.05, 3.63) is 29.6 Å². The first-order valence-electron chi connectivity index (χ1n) is 8.50. The molecule has 1 aromatic carbocycles. The van der Waals surface area contributed by atoms with E-state index in [1.165, 1.54) is 44.9 Å². The van der Waals surface area contributed by atoms with Gasteiger partial charge in [-0.2, -0.15) is 0 Å².